The molecule has 1 rings (SSSR count). The van der Waals surface area contributed by atoms with E-state index < -0.39 is 30.5 Å². The molecule has 2 N–H and O–H groups in total. The first kappa shape index (κ1) is 17.8. The van der Waals surface area contributed by atoms with E-state index in [0.717, 1.165) is 4.90 Å². The van der Waals surface area contributed by atoms with E-state index in [0.29, 0.717) is 0 Å². The number of nitrogens with zero attached hydrogens (tertiary/aromatic N) is 1. The number of carbonyl (C=O) groups excluding carboxylic acids is 2. The van der Waals surface area contributed by atoms with Crippen LogP contribution >= 0.6 is 0 Å². The Morgan fingerprint density at radius 2 is 1.76 bits per heavy atom. The van der Waals surface area contributed by atoms with E-state index in [9.17, 15) is 22.8 Å². The number of hydrogen-bond acceptors (Lipinski definition) is 2. The number of primary amides is 1. The van der Waals surface area contributed by atoms with E-state index in [4.69, 9.17) is 5.73 Å². The molecule has 1 aliphatic heterocycles. The third-order valence-corrected chi connectivity index (χ3v) is 4.42. The maximum Gasteiger partial charge on any atom is 0.394 e. The van der Waals surface area contributed by atoms with Crippen molar-refractivity contribution in [3.63, 3.8) is 0 Å². The zero-order valence-electron chi connectivity index (χ0n) is 12.8. The lowest BCUT2D eigenvalue weighted by Crippen LogP contribution is -2.37. The monoisotopic (exact) mass is 308 g/mol. The fourth-order valence-electron chi connectivity index (χ4n) is 2.32. The van der Waals surface area contributed by atoms with Crippen LogP contribution in [0.5, 0.6) is 0 Å². The van der Waals surface area contributed by atoms with Crippen molar-refractivity contribution in [1.82, 2.24) is 4.90 Å². The molecule has 0 aromatic carbocycles. The van der Waals surface area contributed by atoms with E-state index >= 15 is 0 Å². The van der Waals surface area contributed by atoms with Crippen LogP contribution in [0.2, 0.25) is 0 Å². The van der Waals surface area contributed by atoms with E-state index in [1.54, 1.807) is 0 Å². The number of rotatable bonds is 3. The Kier molecular flexibility index (Phi) is 4.95. The van der Waals surface area contributed by atoms with Gasteiger partial charge in [-0.1, -0.05) is 27.7 Å². The second kappa shape index (κ2) is 5.85. The van der Waals surface area contributed by atoms with Gasteiger partial charge in [0.15, 0.2) is 0 Å². The van der Waals surface area contributed by atoms with Gasteiger partial charge in [-0.25, -0.2) is 0 Å². The first-order chi connectivity index (χ1) is 9.34. The van der Waals surface area contributed by atoms with E-state index in [-0.39, 0.29) is 30.2 Å². The summed E-state index contributed by atoms with van der Waals surface area (Å²) in [7, 11) is 0. The zero-order valence-corrected chi connectivity index (χ0v) is 12.8. The molecule has 0 spiro atoms. The second-order valence-corrected chi connectivity index (χ2v) is 6.93. The van der Waals surface area contributed by atoms with Crippen molar-refractivity contribution in [3.8, 4) is 0 Å². The Hall–Kier alpha value is -1.27. The molecule has 3 atom stereocenters. The lowest BCUT2D eigenvalue weighted by molar-refractivity contribution is -0.182. The summed E-state index contributed by atoms with van der Waals surface area (Å²) in [5.74, 6) is -4.53. The summed E-state index contributed by atoms with van der Waals surface area (Å²) < 4.78 is 38.7. The summed E-state index contributed by atoms with van der Waals surface area (Å²) in [6.07, 6.45) is -4.36. The summed E-state index contributed by atoms with van der Waals surface area (Å²) in [5.41, 5.74) is 4.93. The van der Waals surface area contributed by atoms with E-state index in [1.165, 1.54) is 0 Å². The first-order valence-electron chi connectivity index (χ1n) is 6.97. The number of carbonyl (C=O) groups is 2. The Balaban J connectivity index is 2.78. The van der Waals surface area contributed by atoms with Gasteiger partial charge in [-0.15, -0.1) is 0 Å². The van der Waals surface area contributed by atoms with Gasteiger partial charge in [0.2, 0.25) is 11.8 Å². The molecule has 1 heterocycles. The molecule has 7 heteroatoms. The summed E-state index contributed by atoms with van der Waals surface area (Å²) >= 11 is 0. The van der Waals surface area contributed by atoms with Crippen LogP contribution in [0, 0.1) is 23.2 Å². The van der Waals surface area contributed by atoms with Gasteiger partial charge in [-0.2, -0.15) is 13.2 Å². The molecule has 1 saturated heterocycles. The minimum Gasteiger partial charge on any atom is -0.369 e. The minimum atomic E-state index is -4.52. The number of alkyl halides is 3. The van der Waals surface area contributed by atoms with Crippen molar-refractivity contribution in [2.24, 2.45) is 28.9 Å². The molecule has 1 fully saturated rings. The van der Waals surface area contributed by atoms with E-state index in [2.05, 4.69) is 0 Å². The third-order valence-electron chi connectivity index (χ3n) is 4.42. The molecule has 0 aliphatic carbocycles. The summed E-state index contributed by atoms with van der Waals surface area (Å²) in [5, 5.41) is 0. The second-order valence-electron chi connectivity index (χ2n) is 6.93. The van der Waals surface area contributed by atoms with Gasteiger partial charge in [0.25, 0.3) is 0 Å². The van der Waals surface area contributed by atoms with Crippen LogP contribution in [0.25, 0.3) is 0 Å². The van der Waals surface area contributed by atoms with Crippen molar-refractivity contribution < 1.29 is 22.8 Å². The quantitative estimate of drug-likeness (QED) is 0.868. The van der Waals surface area contributed by atoms with Crippen molar-refractivity contribution in [3.05, 3.63) is 0 Å². The molecule has 1 unspecified atom stereocenters. The van der Waals surface area contributed by atoms with Crippen molar-refractivity contribution in [2.75, 3.05) is 13.1 Å². The SMILES string of the molecule is CC(CC(=O)N1C[C@@H](C(F)(F)F)[C@H](C(N)=O)C1)C(C)(C)C. The van der Waals surface area contributed by atoms with Crippen LogP contribution in [0.4, 0.5) is 13.2 Å². The molecule has 0 aromatic heterocycles. The van der Waals surface area contributed by atoms with Gasteiger partial charge in [0.1, 0.15) is 0 Å². The van der Waals surface area contributed by atoms with Crippen LogP contribution in [0.15, 0.2) is 0 Å². The van der Waals surface area contributed by atoms with Gasteiger partial charge in [0.05, 0.1) is 11.8 Å². The highest BCUT2D eigenvalue weighted by atomic mass is 19.4. The molecular weight excluding hydrogens is 285 g/mol. The number of likely N-dealkylation sites (tertiary alicyclic amines) is 1. The number of amides is 2. The Labute approximate surface area is 122 Å². The molecule has 21 heavy (non-hydrogen) atoms. The summed E-state index contributed by atoms with van der Waals surface area (Å²) in [6.45, 7) is 7.09. The third kappa shape index (κ3) is 4.35. The molecule has 4 nitrogen and oxygen atoms in total. The van der Waals surface area contributed by atoms with Gasteiger partial charge in [0, 0.05) is 19.5 Å². The highest BCUT2D eigenvalue weighted by molar-refractivity contribution is 5.81. The summed E-state index contributed by atoms with van der Waals surface area (Å²) in [4.78, 5) is 24.5. The van der Waals surface area contributed by atoms with Crippen molar-refractivity contribution >= 4 is 11.8 Å². The van der Waals surface area contributed by atoms with Gasteiger partial charge < -0.3 is 10.6 Å². The largest absolute Gasteiger partial charge is 0.394 e. The number of halogens is 3. The lowest BCUT2D eigenvalue weighted by atomic mass is 9.80. The molecule has 1 aliphatic rings. The zero-order chi connectivity index (χ0) is 16.6. The van der Waals surface area contributed by atoms with Crippen LogP contribution in [0.1, 0.15) is 34.1 Å². The van der Waals surface area contributed by atoms with Crippen LogP contribution in [0.3, 0.4) is 0 Å². The maximum atomic E-state index is 12.9. The minimum absolute atomic E-state index is 0.0296. The first-order valence-corrected chi connectivity index (χ1v) is 6.97. The number of hydrogen-bond donors (Lipinski definition) is 1. The average molecular weight is 308 g/mol. The highest BCUT2D eigenvalue weighted by Gasteiger charge is 2.52. The fourth-order valence-corrected chi connectivity index (χ4v) is 2.32. The normalized spacial score (nSPS) is 25.0. The van der Waals surface area contributed by atoms with Crippen LogP contribution in [-0.4, -0.2) is 36.0 Å². The molecule has 0 saturated carbocycles. The van der Waals surface area contributed by atoms with Gasteiger partial charge in [-0.3, -0.25) is 9.59 Å². The Morgan fingerprint density at radius 3 is 2.10 bits per heavy atom. The number of nitrogens with two attached hydrogens (primary N) is 1. The Morgan fingerprint density at radius 1 is 1.24 bits per heavy atom. The maximum absolute atomic E-state index is 12.9. The Bertz CT molecular complexity index is 415. The standard InChI is InChI=1S/C14H23F3N2O2/c1-8(13(2,3)4)5-11(20)19-6-9(12(18)21)10(7-19)14(15,16)17/h8-10H,5-7H2,1-4H3,(H2,18,21)/t8?,9-,10-/m1/s1. The molecule has 0 radical (unpaired) electrons. The summed E-state index contributed by atoms with van der Waals surface area (Å²) in [6, 6.07) is 0. The predicted octanol–water partition coefficient (Wildman–Crippen LogP) is 2.18. The molecular formula is C14H23F3N2O2. The smallest absolute Gasteiger partial charge is 0.369 e. The van der Waals surface area contributed by atoms with Gasteiger partial charge >= 0.3 is 6.18 Å². The van der Waals surface area contributed by atoms with Crippen molar-refractivity contribution in [2.45, 2.75) is 40.3 Å². The highest BCUT2D eigenvalue weighted by Crippen LogP contribution is 2.38. The van der Waals surface area contributed by atoms with Crippen LogP contribution < -0.4 is 5.73 Å². The lowest BCUT2D eigenvalue weighted by Gasteiger charge is -2.28. The van der Waals surface area contributed by atoms with Crippen LogP contribution in [-0.2, 0) is 9.59 Å². The fraction of sp³-hybridized carbons (Fsp3) is 0.857. The molecule has 0 bridgehead atoms. The average Bonchev–Trinajstić information content (AvgIpc) is 2.71. The molecule has 122 valence electrons. The van der Waals surface area contributed by atoms with Gasteiger partial charge in [-0.05, 0) is 11.3 Å². The van der Waals surface area contributed by atoms with Crippen molar-refractivity contribution in [1.29, 1.82) is 0 Å². The predicted molar refractivity (Wildman–Crippen MR) is 72.0 cm³/mol. The topological polar surface area (TPSA) is 63.4 Å². The van der Waals surface area contributed by atoms with E-state index in [1.807, 2.05) is 27.7 Å². The molecule has 0 aromatic rings. The molecule has 2 amide bonds.